The maximum absolute atomic E-state index is 12.2. The van der Waals surface area contributed by atoms with Gasteiger partial charge in [0.1, 0.15) is 6.10 Å². The summed E-state index contributed by atoms with van der Waals surface area (Å²) in [4.78, 5) is 32.3. The second-order valence-corrected chi connectivity index (χ2v) is 5.87. The smallest absolute Gasteiger partial charge is 0.338 e. The standard InChI is InChI=1S/C14H14N2O6/c17-14(22-13-4-8-1-2-9(13)3-8)10-5-11(15(18)19)7-12(6-10)16(20)21/h5-9,13H,1-4H2/t8-,9+,13+/m1/s1. The van der Waals surface area contributed by atoms with E-state index < -0.39 is 27.2 Å². The quantitative estimate of drug-likeness (QED) is 0.480. The van der Waals surface area contributed by atoms with Crippen molar-refractivity contribution < 1.29 is 19.4 Å². The largest absolute Gasteiger partial charge is 0.458 e. The van der Waals surface area contributed by atoms with Crippen LogP contribution in [0.15, 0.2) is 18.2 Å². The van der Waals surface area contributed by atoms with E-state index in [0.29, 0.717) is 11.8 Å². The van der Waals surface area contributed by atoms with E-state index in [1.807, 2.05) is 0 Å². The van der Waals surface area contributed by atoms with Crippen LogP contribution >= 0.6 is 0 Å². The van der Waals surface area contributed by atoms with Gasteiger partial charge in [0, 0.05) is 12.1 Å². The van der Waals surface area contributed by atoms with Crippen molar-refractivity contribution in [3.63, 3.8) is 0 Å². The lowest BCUT2D eigenvalue weighted by atomic mass is 9.98. The molecule has 2 aliphatic carbocycles. The van der Waals surface area contributed by atoms with Crippen molar-refractivity contribution in [3.8, 4) is 0 Å². The van der Waals surface area contributed by atoms with E-state index in [4.69, 9.17) is 4.74 Å². The lowest BCUT2D eigenvalue weighted by Crippen LogP contribution is -2.24. The van der Waals surface area contributed by atoms with Gasteiger partial charge in [-0.05, 0) is 37.5 Å². The van der Waals surface area contributed by atoms with E-state index in [-0.39, 0.29) is 11.7 Å². The van der Waals surface area contributed by atoms with Crippen LogP contribution in [0, 0.1) is 32.1 Å². The van der Waals surface area contributed by atoms with Gasteiger partial charge in [0.25, 0.3) is 11.4 Å². The van der Waals surface area contributed by atoms with E-state index in [2.05, 4.69) is 0 Å². The Morgan fingerprint density at radius 3 is 2.14 bits per heavy atom. The first-order valence-electron chi connectivity index (χ1n) is 7.09. The number of nitro groups is 2. The third-order valence-corrected chi connectivity index (χ3v) is 4.49. The number of rotatable bonds is 4. The first-order valence-corrected chi connectivity index (χ1v) is 7.09. The monoisotopic (exact) mass is 306 g/mol. The molecule has 8 heteroatoms. The minimum absolute atomic E-state index is 0.149. The third kappa shape index (κ3) is 2.63. The van der Waals surface area contributed by atoms with Gasteiger partial charge in [0.05, 0.1) is 21.5 Å². The molecule has 0 aliphatic heterocycles. The lowest BCUT2D eigenvalue weighted by Gasteiger charge is -2.21. The van der Waals surface area contributed by atoms with Crippen molar-refractivity contribution in [3.05, 3.63) is 44.0 Å². The summed E-state index contributed by atoms with van der Waals surface area (Å²) in [6, 6.07) is 2.86. The fourth-order valence-corrected chi connectivity index (χ4v) is 3.46. The molecule has 2 aliphatic rings. The molecule has 0 spiro atoms. The molecule has 3 atom stereocenters. The SMILES string of the molecule is O=C(O[C@H]1C[C@@H]2CC[C@H]1C2)c1cc([N+](=O)[O-])cc([N+](=O)[O-])c1. The van der Waals surface area contributed by atoms with Gasteiger partial charge < -0.3 is 4.74 Å². The number of non-ortho nitro benzene ring substituents is 2. The number of carbonyl (C=O) groups is 1. The number of nitro benzene ring substituents is 2. The molecule has 3 rings (SSSR count). The van der Waals surface area contributed by atoms with Crippen LogP contribution in [0.4, 0.5) is 11.4 Å². The summed E-state index contributed by atoms with van der Waals surface area (Å²) in [7, 11) is 0. The molecule has 2 fully saturated rings. The van der Waals surface area contributed by atoms with Crippen LogP contribution < -0.4 is 0 Å². The first kappa shape index (κ1) is 14.4. The van der Waals surface area contributed by atoms with Gasteiger partial charge in [0.2, 0.25) is 0 Å². The van der Waals surface area contributed by atoms with E-state index in [1.54, 1.807) is 0 Å². The van der Waals surface area contributed by atoms with Crippen molar-refractivity contribution in [1.29, 1.82) is 0 Å². The van der Waals surface area contributed by atoms with Gasteiger partial charge in [0.15, 0.2) is 0 Å². The Morgan fingerprint density at radius 1 is 1.05 bits per heavy atom. The molecular weight excluding hydrogens is 292 g/mol. The summed E-state index contributed by atoms with van der Waals surface area (Å²) in [5.74, 6) is 0.203. The predicted octanol–water partition coefficient (Wildman–Crippen LogP) is 2.85. The summed E-state index contributed by atoms with van der Waals surface area (Å²) in [5, 5.41) is 21.7. The van der Waals surface area contributed by atoms with Crippen LogP contribution in [0.3, 0.4) is 0 Å². The van der Waals surface area contributed by atoms with E-state index in [0.717, 1.165) is 43.9 Å². The summed E-state index contributed by atoms with van der Waals surface area (Å²) in [6.45, 7) is 0. The number of carbonyl (C=O) groups excluding carboxylic acids is 1. The topological polar surface area (TPSA) is 113 Å². The summed E-state index contributed by atoms with van der Waals surface area (Å²) in [5.41, 5.74) is -1.13. The van der Waals surface area contributed by atoms with E-state index in [1.165, 1.54) is 0 Å². The Morgan fingerprint density at radius 2 is 1.68 bits per heavy atom. The van der Waals surface area contributed by atoms with Crippen LogP contribution in [0.5, 0.6) is 0 Å². The Bertz CT molecular complexity index is 626. The highest BCUT2D eigenvalue weighted by molar-refractivity contribution is 5.91. The minimum atomic E-state index is -0.763. The Labute approximate surface area is 125 Å². The van der Waals surface area contributed by atoms with Gasteiger partial charge in [-0.1, -0.05) is 0 Å². The second kappa shape index (κ2) is 5.36. The van der Waals surface area contributed by atoms with Crippen LogP contribution in [0.2, 0.25) is 0 Å². The highest BCUT2D eigenvalue weighted by Crippen LogP contribution is 2.46. The zero-order chi connectivity index (χ0) is 15.9. The fraction of sp³-hybridized carbons (Fsp3) is 0.500. The molecule has 0 radical (unpaired) electrons. The van der Waals surface area contributed by atoms with Gasteiger partial charge in [-0.3, -0.25) is 20.2 Å². The molecule has 116 valence electrons. The normalized spacial score (nSPS) is 25.9. The predicted molar refractivity (Wildman–Crippen MR) is 74.4 cm³/mol. The molecule has 8 nitrogen and oxygen atoms in total. The number of hydrogen-bond acceptors (Lipinski definition) is 6. The van der Waals surface area contributed by atoms with Crippen LogP contribution in [0.1, 0.15) is 36.0 Å². The molecule has 22 heavy (non-hydrogen) atoms. The van der Waals surface area contributed by atoms with E-state index in [9.17, 15) is 25.0 Å². The number of esters is 1. The van der Waals surface area contributed by atoms with Gasteiger partial charge in [-0.25, -0.2) is 4.79 Å². The van der Waals surface area contributed by atoms with Crippen molar-refractivity contribution >= 4 is 17.3 Å². The first-order chi connectivity index (χ1) is 10.4. The molecule has 0 heterocycles. The molecule has 1 aromatic carbocycles. The van der Waals surface area contributed by atoms with Gasteiger partial charge in [-0.15, -0.1) is 0 Å². The summed E-state index contributed by atoms with van der Waals surface area (Å²) < 4.78 is 5.42. The molecule has 2 bridgehead atoms. The Balaban J connectivity index is 1.82. The number of ether oxygens (including phenoxy) is 1. The molecule has 0 aromatic heterocycles. The molecule has 0 N–H and O–H groups in total. The Hall–Kier alpha value is -2.51. The maximum atomic E-state index is 12.2. The highest BCUT2D eigenvalue weighted by atomic mass is 16.6. The van der Waals surface area contributed by atoms with Gasteiger partial charge in [-0.2, -0.15) is 0 Å². The van der Waals surface area contributed by atoms with Crippen molar-refractivity contribution in [2.24, 2.45) is 11.8 Å². The van der Waals surface area contributed by atoms with E-state index >= 15 is 0 Å². The van der Waals surface area contributed by atoms with Crippen molar-refractivity contribution in [2.45, 2.75) is 31.8 Å². The van der Waals surface area contributed by atoms with Gasteiger partial charge >= 0.3 is 5.97 Å². The summed E-state index contributed by atoms with van der Waals surface area (Å²) >= 11 is 0. The molecule has 0 saturated heterocycles. The average Bonchev–Trinajstić information content (AvgIpc) is 3.09. The zero-order valence-electron chi connectivity index (χ0n) is 11.6. The summed E-state index contributed by atoms with van der Waals surface area (Å²) in [6.07, 6.45) is 3.86. The number of fused-ring (bicyclic) bond motifs is 2. The Kier molecular flexibility index (Phi) is 3.51. The minimum Gasteiger partial charge on any atom is -0.458 e. The van der Waals surface area contributed by atoms with Crippen molar-refractivity contribution in [2.75, 3.05) is 0 Å². The molecule has 2 saturated carbocycles. The maximum Gasteiger partial charge on any atom is 0.338 e. The zero-order valence-corrected chi connectivity index (χ0v) is 11.6. The average molecular weight is 306 g/mol. The van der Waals surface area contributed by atoms with Crippen LogP contribution in [-0.2, 0) is 4.74 Å². The van der Waals surface area contributed by atoms with Crippen LogP contribution in [-0.4, -0.2) is 21.9 Å². The fourth-order valence-electron chi connectivity index (χ4n) is 3.46. The van der Waals surface area contributed by atoms with Crippen molar-refractivity contribution in [1.82, 2.24) is 0 Å². The molecule has 1 aromatic rings. The number of nitrogens with zero attached hydrogens (tertiary/aromatic N) is 2. The second-order valence-electron chi connectivity index (χ2n) is 5.87. The molecule has 0 unspecified atom stereocenters. The number of benzene rings is 1. The number of hydrogen-bond donors (Lipinski definition) is 0. The highest BCUT2D eigenvalue weighted by Gasteiger charge is 2.42. The third-order valence-electron chi connectivity index (χ3n) is 4.49. The lowest BCUT2D eigenvalue weighted by molar-refractivity contribution is -0.394. The van der Waals surface area contributed by atoms with Crippen LogP contribution in [0.25, 0.3) is 0 Å². The molecular formula is C14H14N2O6. The molecule has 0 amide bonds.